The van der Waals surface area contributed by atoms with E-state index in [1.165, 1.54) is 0 Å². The third-order valence-corrected chi connectivity index (χ3v) is 12.4. The van der Waals surface area contributed by atoms with Crippen molar-refractivity contribution in [2.24, 2.45) is 0 Å². The van der Waals surface area contributed by atoms with E-state index in [1.54, 1.807) is 18.2 Å². The van der Waals surface area contributed by atoms with Crippen LogP contribution >= 0.6 is 0 Å². The van der Waals surface area contributed by atoms with Crippen LogP contribution in [-0.2, 0) is 30.1 Å². The Morgan fingerprint density at radius 3 is 1.07 bits per heavy atom. The highest BCUT2D eigenvalue weighted by molar-refractivity contribution is 8.24. The van der Waals surface area contributed by atoms with Crippen molar-refractivity contribution in [1.29, 1.82) is 15.8 Å². The van der Waals surface area contributed by atoms with Crippen LogP contribution in [0.2, 0.25) is 0 Å². The van der Waals surface area contributed by atoms with Gasteiger partial charge in [0.2, 0.25) is 30.1 Å². The van der Waals surface area contributed by atoms with Crippen molar-refractivity contribution in [2.75, 3.05) is 19.6 Å². The first kappa shape index (κ1) is 27.2. The molecule has 15 heteroatoms. The van der Waals surface area contributed by atoms with Crippen LogP contribution in [0.4, 0.5) is 0 Å². The van der Waals surface area contributed by atoms with E-state index in [2.05, 4.69) is 0 Å². The van der Waals surface area contributed by atoms with E-state index in [-0.39, 0.29) is 58.2 Å². The first-order valence-corrected chi connectivity index (χ1v) is 13.0. The SMILES string of the molecule is CC(S(=O)(=O)NCCCC#N)(S(=O)(=O)NCCCC#N)S(=O)(=O)NCCCC#N. The van der Waals surface area contributed by atoms with E-state index in [4.69, 9.17) is 15.8 Å². The van der Waals surface area contributed by atoms with Gasteiger partial charge in [0.1, 0.15) is 0 Å². The summed E-state index contributed by atoms with van der Waals surface area (Å²) in [5.41, 5.74) is 0. The predicted octanol–water partition coefficient (Wildman–Crippen LogP) is -0.670. The Morgan fingerprint density at radius 1 is 0.621 bits per heavy atom. The van der Waals surface area contributed by atoms with Crippen LogP contribution < -0.4 is 14.2 Å². The topological polar surface area (TPSA) is 210 Å². The molecule has 0 aromatic rings. The molecule has 0 saturated carbocycles. The van der Waals surface area contributed by atoms with E-state index < -0.39 is 33.5 Å². The van der Waals surface area contributed by atoms with Crippen molar-refractivity contribution in [1.82, 2.24) is 14.2 Å². The van der Waals surface area contributed by atoms with Gasteiger partial charge in [0.25, 0.3) is 0 Å². The molecule has 0 saturated heterocycles. The third-order valence-electron chi connectivity index (χ3n) is 3.74. The van der Waals surface area contributed by atoms with Crippen LogP contribution in [0.5, 0.6) is 0 Å². The number of hydrogen-bond acceptors (Lipinski definition) is 9. The van der Waals surface area contributed by atoms with Gasteiger partial charge in [-0.25, -0.2) is 39.4 Å². The monoisotopic (exact) mass is 468 g/mol. The summed E-state index contributed by atoms with van der Waals surface area (Å²) < 4.78 is 78.9. The molecule has 0 aliphatic heterocycles. The summed E-state index contributed by atoms with van der Waals surface area (Å²) in [5.74, 6) is 0. The molecule has 0 unspecified atom stereocenters. The maximum atomic E-state index is 12.7. The highest BCUT2D eigenvalue weighted by Crippen LogP contribution is 2.29. The molecule has 0 amide bonds. The summed E-state index contributed by atoms with van der Waals surface area (Å²) >= 11 is 0. The molecule has 0 spiro atoms. The van der Waals surface area contributed by atoms with Gasteiger partial charge >= 0.3 is 3.41 Å². The molecule has 0 fully saturated rings. The Kier molecular flexibility index (Phi) is 11.3. The van der Waals surface area contributed by atoms with Crippen LogP contribution in [0.3, 0.4) is 0 Å². The summed E-state index contributed by atoms with van der Waals surface area (Å²) in [5, 5.41) is 25.5. The van der Waals surface area contributed by atoms with E-state index in [1.807, 2.05) is 14.2 Å². The summed E-state index contributed by atoms with van der Waals surface area (Å²) in [6.07, 6.45) is 0.109. The number of nitrogens with one attached hydrogen (secondary N) is 3. The second kappa shape index (κ2) is 12.0. The van der Waals surface area contributed by atoms with Crippen molar-refractivity contribution in [3.63, 3.8) is 0 Å². The Bertz CT molecular complexity index is 844. The molecular formula is C14H24N6O6S3. The molecular weight excluding hydrogens is 444 g/mol. The van der Waals surface area contributed by atoms with Crippen LogP contribution in [0.15, 0.2) is 0 Å². The van der Waals surface area contributed by atoms with E-state index in [0.717, 1.165) is 0 Å². The van der Waals surface area contributed by atoms with Gasteiger partial charge in [-0.1, -0.05) is 0 Å². The first-order chi connectivity index (χ1) is 13.4. The van der Waals surface area contributed by atoms with Gasteiger partial charge in [-0.3, -0.25) is 0 Å². The average molecular weight is 469 g/mol. The lowest BCUT2D eigenvalue weighted by molar-refractivity contribution is 0.534. The standard InChI is InChI=1S/C14H24N6O6S3/c1-14(27(21,22)18-11-5-2-8-15,28(23,24)19-12-6-3-9-16)29(25,26)20-13-7-4-10-17/h18-20H,2-7,11-13H2,1H3. The van der Waals surface area contributed by atoms with Crippen LogP contribution in [-0.4, -0.2) is 48.3 Å². The highest BCUT2D eigenvalue weighted by Gasteiger charge is 2.61. The van der Waals surface area contributed by atoms with Gasteiger partial charge in [-0.05, 0) is 26.2 Å². The minimum Gasteiger partial charge on any atom is -0.213 e. The van der Waals surface area contributed by atoms with Gasteiger partial charge in [-0.2, -0.15) is 15.8 Å². The number of unbranched alkanes of at least 4 members (excludes halogenated alkanes) is 3. The predicted molar refractivity (Wildman–Crippen MR) is 104 cm³/mol. The Hall–Kier alpha value is -1.80. The quantitative estimate of drug-likeness (QED) is 0.260. The van der Waals surface area contributed by atoms with E-state index in [9.17, 15) is 25.3 Å². The summed E-state index contributed by atoms with van der Waals surface area (Å²) in [4.78, 5) is 0. The van der Waals surface area contributed by atoms with Crippen molar-refractivity contribution in [2.45, 2.75) is 48.9 Å². The Balaban J connectivity index is 5.95. The summed E-state index contributed by atoms with van der Waals surface area (Å²) in [6, 6.07) is 5.35. The molecule has 164 valence electrons. The number of sulfonamides is 3. The lowest BCUT2D eigenvalue weighted by Gasteiger charge is -2.29. The molecule has 0 bridgehead atoms. The number of hydrogen-bond donors (Lipinski definition) is 3. The minimum atomic E-state index is -4.99. The van der Waals surface area contributed by atoms with Gasteiger partial charge < -0.3 is 0 Å². The normalized spacial score (nSPS) is 12.6. The zero-order valence-electron chi connectivity index (χ0n) is 15.9. The van der Waals surface area contributed by atoms with Crippen LogP contribution in [0.1, 0.15) is 45.4 Å². The molecule has 0 aromatic carbocycles. The minimum absolute atomic E-state index is 0.0163. The first-order valence-electron chi connectivity index (χ1n) is 8.52. The molecule has 0 aliphatic carbocycles. The zero-order valence-corrected chi connectivity index (χ0v) is 18.3. The lowest BCUT2D eigenvalue weighted by atomic mass is 10.3. The maximum absolute atomic E-state index is 12.7. The summed E-state index contributed by atoms with van der Waals surface area (Å²) in [7, 11) is -15.0. The molecule has 12 nitrogen and oxygen atoms in total. The van der Waals surface area contributed by atoms with Crippen molar-refractivity contribution in [3.8, 4) is 18.2 Å². The fourth-order valence-electron chi connectivity index (χ4n) is 1.95. The lowest BCUT2D eigenvalue weighted by Crippen LogP contribution is -2.62. The van der Waals surface area contributed by atoms with Crippen molar-refractivity contribution >= 4 is 30.1 Å². The fourth-order valence-corrected chi connectivity index (χ4v) is 8.50. The van der Waals surface area contributed by atoms with Crippen LogP contribution in [0.25, 0.3) is 0 Å². The molecule has 0 radical (unpaired) electrons. The molecule has 0 rings (SSSR count). The molecule has 0 aromatic heterocycles. The molecule has 0 aliphatic rings. The molecule has 3 N–H and O–H groups in total. The average Bonchev–Trinajstić information content (AvgIpc) is 2.65. The molecule has 0 atom stereocenters. The molecule has 29 heavy (non-hydrogen) atoms. The largest absolute Gasteiger partial charge is 0.310 e. The highest BCUT2D eigenvalue weighted by atomic mass is 32.3. The second-order valence-corrected chi connectivity index (χ2v) is 13.0. The fraction of sp³-hybridized carbons (Fsp3) is 0.786. The number of rotatable bonds is 15. The third kappa shape index (κ3) is 7.19. The Morgan fingerprint density at radius 2 is 0.862 bits per heavy atom. The van der Waals surface area contributed by atoms with Gasteiger partial charge in [0.15, 0.2) is 0 Å². The van der Waals surface area contributed by atoms with Crippen molar-refractivity contribution < 1.29 is 25.3 Å². The smallest absolute Gasteiger partial charge is 0.213 e. The summed E-state index contributed by atoms with van der Waals surface area (Å²) in [6.45, 7) is -0.461. The van der Waals surface area contributed by atoms with Crippen molar-refractivity contribution in [3.05, 3.63) is 0 Å². The van der Waals surface area contributed by atoms with E-state index in [0.29, 0.717) is 6.92 Å². The second-order valence-electron chi connectivity index (χ2n) is 5.84. The maximum Gasteiger partial charge on any atom is 0.310 e. The van der Waals surface area contributed by atoms with Crippen LogP contribution in [0, 0.1) is 34.0 Å². The zero-order chi connectivity index (χ0) is 22.6. The Labute approximate surface area is 172 Å². The van der Waals surface area contributed by atoms with Gasteiger partial charge in [0, 0.05) is 38.9 Å². The van der Waals surface area contributed by atoms with Gasteiger partial charge in [-0.15, -0.1) is 0 Å². The molecule has 0 heterocycles. The van der Waals surface area contributed by atoms with Gasteiger partial charge in [0.05, 0.1) is 18.2 Å². The number of nitrogens with zero attached hydrogens (tertiary/aromatic N) is 3. The van der Waals surface area contributed by atoms with E-state index >= 15 is 0 Å². The number of nitriles is 3.